The molecule has 0 saturated heterocycles. The van der Waals surface area contributed by atoms with Gasteiger partial charge in [0.25, 0.3) is 0 Å². The normalized spacial score (nSPS) is 46.7. The lowest BCUT2D eigenvalue weighted by Gasteiger charge is -2.69. The van der Waals surface area contributed by atoms with Crippen molar-refractivity contribution in [2.45, 2.75) is 101 Å². The molecule has 2 heteroatoms. The molecule has 9 aliphatic carbocycles. The molecule has 0 aromatic heterocycles. The SMILES string of the molecule is CC1=C2CC(CC1C1(C3C(C)=C4CC(C3O)C4(C)C)CC3CC(=C1C)C3(C)C)C2(C)C.O. The Kier molecular flexibility index (Phi) is 4.45. The lowest BCUT2D eigenvalue weighted by atomic mass is 9.35. The highest BCUT2D eigenvalue weighted by atomic mass is 16.3. The van der Waals surface area contributed by atoms with Gasteiger partial charge in [0.05, 0.1) is 6.10 Å². The number of allylic oxidation sites excluding steroid dienone is 5. The van der Waals surface area contributed by atoms with Gasteiger partial charge in [-0.05, 0) is 92.8 Å². The Morgan fingerprint density at radius 1 is 0.719 bits per heavy atom. The van der Waals surface area contributed by atoms with E-state index in [1.807, 2.05) is 0 Å². The fourth-order valence-corrected chi connectivity index (χ4v) is 10.3. The predicted molar refractivity (Wildman–Crippen MR) is 132 cm³/mol. The molecule has 7 unspecified atom stereocenters. The monoisotopic (exact) mass is 438 g/mol. The number of fused-ring (bicyclic) bond motifs is 8. The quantitative estimate of drug-likeness (QED) is 0.482. The first kappa shape index (κ1) is 22.9. The van der Waals surface area contributed by atoms with E-state index in [-0.39, 0.29) is 22.4 Å². The van der Waals surface area contributed by atoms with Crippen molar-refractivity contribution in [2.75, 3.05) is 0 Å². The van der Waals surface area contributed by atoms with Gasteiger partial charge < -0.3 is 10.6 Å². The Labute approximate surface area is 195 Å². The molecule has 0 radical (unpaired) electrons. The molecule has 0 aliphatic heterocycles. The molecule has 178 valence electrons. The van der Waals surface area contributed by atoms with Crippen molar-refractivity contribution >= 4 is 0 Å². The topological polar surface area (TPSA) is 51.7 Å². The molecule has 32 heavy (non-hydrogen) atoms. The summed E-state index contributed by atoms with van der Waals surface area (Å²) in [6.45, 7) is 22.1. The minimum atomic E-state index is -0.187. The summed E-state index contributed by atoms with van der Waals surface area (Å²) in [7, 11) is 0. The predicted octanol–water partition coefficient (Wildman–Crippen LogP) is 6.65. The van der Waals surface area contributed by atoms with E-state index in [0.717, 1.165) is 18.3 Å². The molecule has 3 saturated carbocycles. The highest BCUT2D eigenvalue weighted by Crippen LogP contribution is 2.75. The maximum absolute atomic E-state index is 12.0. The lowest BCUT2D eigenvalue weighted by Crippen LogP contribution is -2.63. The molecule has 7 atom stereocenters. The van der Waals surface area contributed by atoms with Crippen LogP contribution in [-0.4, -0.2) is 16.7 Å². The minimum absolute atomic E-state index is 0. The van der Waals surface area contributed by atoms with Gasteiger partial charge in [0.15, 0.2) is 0 Å². The van der Waals surface area contributed by atoms with Crippen molar-refractivity contribution in [2.24, 2.45) is 51.2 Å². The molecular weight excluding hydrogens is 392 g/mol. The van der Waals surface area contributed by atoms with E-state index in [1.54, 1.807) is 33.4 Å². The smallest absolute Gasteiger partial charge is 0.0653 e. The molecule has 9 aliphatic rings. The van der Waals surface area contributed by atoms with E-state index in [4.69, 9.17) is 0 Å². The Balaban J connectivity index is 0.00000216. The second-order valence-corrected chi connectivity index (χ2v) is 14.2. The maximum Gasteiger partial charge on any atom is 0.0653 e. The Morgan fingerprint density at radius 2 is 1.28 bits per heavy atom. The summed E-state index contributed by atoms with van der Waals surface area (Å²) in [6, 6.07) is 0. The van der Waals surface area contributed by atoms with Crippen molar-refractivity contribution in [3.8, 4) is 0 Å². The van der Waals surface area contributed by atoms with Crippen LogP contribution in [0, 0.1) is 51.2 Å². The molecule has 0 aromatic carbocycles. The number of hydrogen-bond acceptors (Lipinski definition) is 1. The zero-order valence-electron chi connectivity index (χ0n) is 21.9. The third-order valence-electron chi connectivity index (χ3n) is 12.8. The number of aliphatic hydroxyl groups excluding tert-OH is 1. The van der Waals surface area contributed by atoms with Gasteiger partial charge in [0.2, 0.25) is 0 Å². The molecule has 0 spiro atoms. The molecule has 3 N–H and O–H groups in total. The summed E-state index contributed by atoms with van der Waals surface area (Å²) < 4.78 is 0. The highest BCUT2D eigenvalue weighted by molar-refractivity contribution is 5.49. The first-order chi connectivity index (χ1) is 14.3. The molecule has 3 fully saturated rings. The van der Waals surface area contributed by atoms with Crippen molar-refractivity contribution in [1.29, 1.82) is 0 Å². The molecule has 2 nitrogen and oxygen atoms in total. The van der Waals surface area contributed by atoms with E-state index in [2.05, 4.69) is 62.3 Å². The van der Waals surface area contributed by atoms with Crippen molar-refractivity contribution in [1.82, 2.24) is 0 Å². The molecular formula is C30H46O2. The van der Waals surface area contributed by atoms with E-state index in [9.17, 15) is 5.11 Å². The molecule has 9 rings (SSSR count). The number of aliphatic hydroxyl groups is 1. The van der Waals surface area contributed by atoms with Crippen molar-refractivity contribution in [3.05, 3.63) is 33.4 Å². The van der Waals surface area contributed by atoms with Gasteiger partial charge >= 0.3 is 0 Å². The molecule has 0 aromatic rings. The summed E-state index contributed by atoms with van der Waals surface area (Å²) >= 11 is 0. The third kappa shape index (κ3) is 2.21. The van der Waals surface area contributed by atoms with Crippen LogP contribution in [0.2, 0.25) is 0 Å². The van der Waals surface area contributed by atoms with Crippen LogP contribution in [0.25, 0.3) is 0 Å². The summed E-state index contributed by atoms with van der Waals surface area (Å²) in [4.78, 5) is 0. The van der Waals surface area contributed by atoms with Gasteiger partial charge in [0, 0.05) is 11.3 Å². The average Bonchev–Trinajstić information content (AvgIpc) is 2.67. The van der Waals surface area contributed by atoms with E-state index in [1.165, 1.54) is 25.7 Å². The second kappa shape index (κ2) is 6.22. The standard InChI is InChI=1S/C30H44O.H2O/c1-15-20-10-18(27(20,4)5)11-22(15)30(14-19-12-23(17(30)3)28(19,6)7)25-16(2)21-13-24(26(25)31)29(21,8)9;/h18-19,22,24-26,31H,10-14H2,1-9H3;1H2. The molecule has 0 heterocycles. The summed E-state index contributed by atoms with van der Waals surface area (Å²) in [5.74, 6) is 3.01. The van der Waals surface area contributed by atoms with Crippen molar-refractivity contribution < 1.29 is 10.6 Å². The highest BCUT2D eigenvalue weighted by Gasteiger charge is 2.67. The van der Waals surface area contributed by atoms with Gasteiger partial charge in [-0.3, -0.25) is 0 Å². The largest absolute Gasteiger partial charge is 0.412 e. The minimum Gasteiger partial charge on any atom is -0.412 e. The van der Waals surface area contributed by atoms with Gasteiger partial charge in [-0.1, -0.05) is 75.0 Å². The maximum atomic E-state index is 12.0. The summed E-state index contributed by atoms with van der Waals surface area (Å²) in [5.41, 5.74) is 11.2. The van der Waals surface area contributed by atoms with Crippen LogP contribution in [0.4, 0.5) is 0 Å². The number of hydrogen-bond donors (Lipinski definition) is 1. The van der Waals surface area contributed by atoms with Crippen LogP contribution < -0.4 is 0 Å². The summed E-state index contributed by atoms with van der Waals surface area (Å²) in [6.07, 6.45) is 6.21. The average molecular weight is 439 g/mol. The van der Waals surface area contributed by atoms with Crippen LogP contribution in [0.15, 0.2) is 33.4 Å². The van der Waals surface area contributed by atoms with Gasteiger partial charge in [-0.15, -0.1) is 0 Å². The Morgan fingerprint density at radius 3 is 1.75 bits per heavy atom. The lowest BCUT2D eigenvalue weighted by molar-refractivity contribution is -0.110. The Hall–Kier alpha value is -0.860. The fourth-order valence-electron chi connectivity index (χ4n) is 10.3. The van der Waals surface area contributed by atoms with E-state index in [0.29, 0.717) is 28.6 Å². The van der Waals surface area contributed by atoms with Gasteiger partial charge in [-0.25, -0.2) is 0 Å². The van der Waals surface area contributed by atoms with Gasteiger partial charge in [0.1, 0.15) is 0 Å². The van der Waals surface area contributed by atoms with Crippen LogP contribution in [0.1, 0.15) is 94.4 Å². The second-order valence-electron chi connectivity index (χ2n) is 14.2. The zero-order valence-corrected chi connectivity index (χ0v) is 21.9. The van der Waals surface area contributed by atoms with Crippen LogP contribution in [-0.2, 0) is 0 Å². The first-order valence-corrected chi connectivity index (χ1v) is 13.1. The van der Waals surface area contributed by atoms with Crippen LogP contribution in [0.3, 0.4) is 0 Å². The zero-order chi connectivity index (χ0) is 22.5. The summed E-state index contributed by atoms with van der Waals surface area (Å²) in [5, 5.41) is 12.0. The van der Waals surface area contributed by atoms with Gasteiger partial charge in [-0.2, -0.15) is 0 Å². The molecule has 0 amide bonds. The number of rotatable bonds is 2. The van der Waals surface area contributed by atoms with Crippen molar-refractivity contribution in [3.63, 3.8) is 0 Å². The van der Waals surface area contributed by atoms with Crippen LogP contribution in [0.5, 0.6) is 0 Å². The fraction of sp³-hybridized carbons (Fsp3) is 0.800. The first-order valence-electron chi connectivity index (χ1n) is 13.1. The van der Waals surface area contributed by atoms with E-state index < -0.39 is 0 Å². The van der Waals surface area contributed by atoms with Crippen LogP contribution >= 0.6 is 0 Å². The molecule has 6 bridgehead atoms. The third-order valence-corrected chi connectivity index (χ3v) is 12.8. The van der Waals surface area contributed by atoms with E-state index >= 15 is 0 Å². The Bertz CT molecular complexity index is 986.